The Kier molecular flexibility index (Phi) is 5.40. The van der Waals surface area contributed by atoms with E-state index >= 15 is 0 Å². The highest BCUT2D eigenvalue weighted by atomic mass is 19.4. The summed E-state index contributed by atoms with van der Waals surface area (Å²) in [6, 6.07) is 4.56. The molecule has 1 atom stereocenters. The topological polar surface area (TPSA) is 92.5 Å². The second-order valence-electron chi connectivity index (χ2n) is 5.37. The van der Waals surface area contributed by atoms with Gasteiger partial charge in [0, 0.05) is 36.6 Å². The number of non-ortho nitro benzene ring substituents is 1. The van der Waals surface area contributed by atoms with E-state index in [2.05, 4.69) is 5.32 Å². The standard InChI is InChI=1S/C15H14F3N3O4/c16-15(17,18)13(22)6-8-20-7-2-5-12(20)14(23)19-10-3-1-4-11(9-10)21(24)25/h1,3-4,6,8-9,12H,2,5,7H2,(H,19,23)/b8-6+. The van der Waals surface area contributed by atoms with Crippen LogP contribution in [0, 0.1) is 10.1 Å². The van der Waals surface area contributed by atoms with E-state index in [0.29, 0.717) is 25.5 Å². The molecule has 1 fully saturated rings. The molecule has 0 saturated carbocycles. The van der Waals surface area contributed by atoms with Crippen LogP contribution in [-0.4, -0.2) is 40.3 Å². The Morgan fingerprint density at radius 1 is 1.36 bits per heavy atom. The second-order valence-corrected chi connectivity index (χ2v) is 5.37. The number of carbonyl (C=O) groups is 2. The van der Waals surface area contributed by atoms with Gasteiger partial charge in [-0.25, -0.2) is 0 Å². The van der Waals surface area contributed by atoms with Crippen LogP contribution in [0.5, 0.6) is 0 Å². The lowest BCUT2D eigenvalue weighted by Crippen LogP contribution is -2.36. The van der Waals surface area contributed by atoms with Crippen LogP contribution in [0.1, 0.15) is 12.8 Å². The number of likely N-dealkylation sites (tertiary alicyclic amines) is 1. The fourth-order valence-corrected chi connectivity index (χ4v) is 2.43. The number of nitrogens with one attached hydrogen (secondary N) is 1. The summed E-state index contributed by atoms with van der Waals surface area (Å²) >= 11 is 0. The third-order valence-corrected chi connectivity index (χ3v) is 3.62. The second kappa shape index (κ2) is 7.32. The van der Waals surface area contributed by atoms with Gasteiger partial charge in [-0.3, -0.25) is 19.7 Å². The van der Waals surface area contributed by atoms with Crippen molar-refractivity contribution in [3.05, 3.63) is 46.7 Å². The van der Waals surface area contributed by atoms with E-state index in [4.69, 9.17) is 0 Å². The van der Waals surface area contributed by atoms with Crippen molar-refractivity contribution in [1.82, 2.24) is 4.90 Å². The summed E-state index contributed by atoms with van der Waals surface area (Å²) in [6.45, 7) is 0.328. The van der Waals surface area contributed by atoms with Crippen LogP contribution in [0.15, 0.2) is 36.5 Å². The van der Waals surface area contributed by atoms with Gasteiger partial charge in [0.05, 0.1) is 4.92 Å². The highest BCUT2D eigenvalue weighted by Crippen LogP contribution is 2.22. The Hall–Kier alpha value is -2.91. The van der Waals surface area contributed by atoms with Crippen LogP contribution in [0.25, 0.3) is 0 Å². The molecule has 0 aromatic heterocycles. The number of anilines is 1. The lowest BCUT2D eigenvalue weighted by molar-refractivity contribution is -0.384. The summed E-state index contributed by atoms with van der Waals surface area (Å²) in [4.78, 5) is 34.6. The zero-order valence-electron chi connectivity index (χ0n) is 12.8. The monoisotopic (exact) mass is 357 g/mol. The number of ketones is 1. The highest BCUT2D eigenvalue weighted by Gasteiger charge is 2.37. The molecule has 0 spiro atoms. The minimum absolute atomic E-state index is 0.197. The first-order chi connectivity index (χ1) is 11.7. The van der Waals surface area contributed by atoms with Crippen molar-refractivity contribution in [2.75, 3.05) is 11.9 Å². The number of amides is 1. The smallest absolute Gasteiger partial charge is 0.365 e. The number of rotatable bonds is 5. The van der Waals surface area contributed by atoms with E-state index in [1.54, 1.807) is 0 Å². The van der Waals surface area contributed by atoms with Crippen LogP contribution in [0.3, 0.4) is 0 Å². The number of hydrogen-bond acceptors (Lipinski definition) is 5. The van der Waals surface area contributed by atoms with Gasteiger partial charge in [-0.05, 0) is 18.9 Å². The maximum atomic E-state index is 12.3. The molecule has 1 amide bonds. The molecular weight excluding hydrogens is 343 g/mol. The zero-order valence-corrected chi connectivity index (χ0v) is 12.8. The third kappa shape index (κ3) is 4.78. The highest BCUT2D eigenvalue weighted by molar-refractivity contribution is 5.96. The first-order valence-corrected chi connectivity index (χ1v) is 7.29. The van der Waals surface area contributed by atoms with E-state index in [0.717, 1.165) is 6.20 Å². The van der Waals surface area contributed by atoms with Crippen molar-refractivity contribution in [2.45, 2.75) is 25.1 Å². The van der Waals surface area contributed by atoms with E-state index in [1.807, 2.05) is 0 Å². The maximum Gasteiger partial charge on any atom is 0.454 e. The molecule has 1 aromatic carbocycles. The van der Waals surface area contributed by atoms with Crippen molar-refractivity contribution >= 4 is 23.1 Å². The molecule has 1 aromatic rings. The summed E-state index contributed by atoms with van der Waals surface area (Å²) in [6.07, 6.45) is -2.65. The van der Waals surface area contributed by atoms with Gasteiger partial charge in [0.1, 0.15) is 6.04 Å². The number of halogens is 3. The molecule has 0 radical (unpaired) electrons. The first kappa shape index (κ1) is 18.4. The molecule has 0 bridgehead atoms. The molecule has 2 rings (SSSR count). The van der Waals surface area contributed by atoms with Crippen molar-refractivity contribution < 1.29 is 27.7 Å². The Morgan fingerprint density at radius 2 is 2.08 bits per heavy atom. The predicted octanol–water partition coefficient (Wildman–Crippen LogP) is 2.64. The van der Waals surface area contributed by atoms with Crippen LogP contribution >= 0.6 is 0 Å². The number of nitrogens with zero attached hydrogens (tertiary/aromatic N) is 2. The molecule has 0 aliphatic carbocycles. The average Bonchev–Trinajstić information content (AvgIpc) is 3.00. The quantitative estimate of drug-likeness (QED) is 0.497. The molecule has 1 saturated heterocycles. The van der Waals surface area contributed by atoms with Gasteiger partial charge in [0.25, 0.3) is 11.5 Å². The van der Waals surface area contributed by atoms with Crippen molar-refractivity contribution in [1.29, 1.82) is 0 Å². The van der Waals surface area contributed by atoms with Gasteiger partial charge in [-0.1, -0.05) is 6.07 Å². The lowest BCUT2D eigenvalue weighted by Gasteiger charge is -2.21. The van der Waals surface area contributed by atoms with Crippen LogP contribution in [0.4, 0.5) is 24.5 Å². The third-order valence-electron chi connectivity index (χ3n) is 3.62. The number of hydrogen-bond donors (Lipinski definition) is 1. The largest absolute Gasteiger partial charge is 0.454 e. The number of carbonyl (C=O) groups excluding carboxylic acids is 2. The first-order valence-electron chi connectivity index (χ1n) is 7.29. The Balaban J connectivity index is 2.05. The van der Waals surface area contributed by atoms with Gasteiger partial charge in [0.2, 0.25) is 5.91 Å². The number of benzene rings is 1. The van der Waals surface area contributed by atoms with Crippen molar-refractivity contribution in [3.63, 3.8) is 0 Å². The molecule has 25 heavy (non-hydrogen) atoms. The Bertz CT molecular complexity index is 718. The van der Waals surface area contributed by atoms with Crippen LogP contribution in [0.2, 0.25) is 0 Å². The predicted molar refractivity (Wildman–Crippen MR) is 81.7 cm³/mol. The molecule has 1 heterocycles. The summed E-state index contributed by atoms with van der Waals surface area (Å²) < 4.78 is 36.6. The van der Waals surface area contributed by atoms with E-state index in [9.17, 15) is 32.9 Å². The minimum Gasteiger partial charge on any atom is -0.365 e. The molecule has 1 aliphatic heterocycles. The van der Waals surface area contributed by atoms with Crippen molar-refractivity contribution in [3.8, 4) is 0 Å². The number of nitro groups is 1. The number of nitro benzene ring substituents is 1. The summed E-state index contributed by atoms with van der Waals surface area (Å²) in [5, 5.41) is 13.2. The maximum absolute atomic E-state index is 12.3. The molecule has 7 nitrogen and oxygen atoms in total. The zero-order chi connectivity index (χ0) is 18.6. The summed E-state index contributed by atoms with van der Waals surface area (Å²) in [5.74, 6) is -2.51. The Labute approximate surface area is 140 Å². The molecule has 1 unspecified atom stereocenters. The molecule has 10 heteroatoms. The number of alkyl halides is 3. The van der Waals surface area contributed by atoms with Crippen LogP contribution < -0.4 is 5.32 Å². The molecule has 134 valence electrons. The minimum atomic E-state index is -4.96. The van der Waals surface area contributed by atoms with Gasteiger partial charge < -0.3 is 10.2 Å². The number of allylic oxidation sites excluding steroid dienone is 1. The normalized spacial score (nSPS) is 17.7. The SMILES string of the molecule is O=C(Nc1cccc([N+](=O)[O-])c1)C1CCCN1/C=C/C(=O)C(F)(F)F. The lowest BCUT2D eigenvalue weighted by atomic mass is 10.2. The van der Waals surface area contributed by atoms with Gasteiger partial charge >= 0.3 is 6.18 Å². The summed E-state index contributed by atoms with van der Waals surface area (Å²) in [5.41, 5.74) is 0.0122. The fraction of sp³-hybridized carbons (Fsp3) is 0.333. The Morgan fingerprint density at radius 3 is 2.72 bits per heavy atom. The fourth-order valence-electron chi connectivity index (χ4n) is 2.43. The van der Waals surface area contributed by atoms with Gasteiger partial charge in [-0.2, -0.15) is 13.2 Å². The average molecular weight is 357 g/mol. The molecule has 1 N–H and O–H groups in total. The van der Waals surface area contributed by atoms with Gasteiger partial charge in [0.15, 0.2) is 0 Å². The summed E-state index contributed by atoms with van der Waals surface area (Å²) in [7, 11) is 0. The van der Waals surface area contributed by atoms with E-state index < -0.39 is 28.8 Å². The van der Waals surface area contributed by atoms with E-state index in [-0.39, 0.29) is 11.4 Å². The molecular formula is C15H14F3N3O4. The van der Waals surface area contributed by atoms with E-state index in [1.165, 1.54) is 29.2 Å². The molecule has 1 aliphatic rings. The van der Waals surface area contributed by atoms with Crippen LogP contribution in [-0.2, 0) is 9.59 Å². The van der Waals surface area contributed by atoms with Crippen molar-refractivity contribution in [2.24, 2.45) is 0 Å². The van der Waals surface area contributed by atoms with Gasteiger partial charge in [-0.15, -0.1) is 0 Å².